The third-order valence-electron chi connectivity index (χ3n) is 3.09. The molecule has 0 radical (unpaired) electrons. The van der Waals surface area contributed by atoms with Crippen LogP contribution in [-0.2, 0) is 4.74 Å². The Kier molecular flexibility index (Phi) is 4.46. The van der Waals surface area contributed by atoms with Crippen molar-refractivity contribution in [3.8, 4) is 0 Å². The van der Waals surface area contributed by atoms with Gasteiger partial charge < -0.3 is 20.7 Å². The highest BCUT2D eigenvalue weighted by molar-refractivity contribution is 5.58. The third kappa shape index (κ3) is 2.71. The van der Waals surface area contributed by atoms with E-state index in [0.717, 1.165) is 16.8 Å². The Morgan fingerprint density at radius 3 is 2.81 bits per heavy atom. The Bertz CT molecular complexity index is 644. The van der Waals surface area contributed by atoms with Crippen LogP contribution in [0, 0.1) is 0 Å². The summed E-state index contributed by atoms with van der Waals surface area (Å²) in [5.41, 5.74) is 4.43. The van der Waals surface area contributed by atoms with Crippen molar-refractivity contribution in [1.29, 1.82) is 0 Å². The molecule has 1 aromatic heterocycles. The molecule has 21 heavy (non-hydrogen) atoms. The largest absolute Gasteiger partial charge is 0.394 e. The van der Waals surface area contributed by atoms with E-state index < -0.39 is 30.7 Å². The van der Waals surface area contributed by atoms with Crippen molar-refractivity contribution in [2.75, 3.05) is 12.3 Å². The number of hydrogen-bond donors (Lipinski definition) is 3. The minimum atomic E-state index is -1.41. The van der Waals surface area contributed by atoms with Gasteiger partial charge in [0, 0.05) is 17.3 Å². The lowest BCUT2D eigenvalue weighted by Crippen LogP contribution is -2.29. The lowest BCUT2D eigenvalue weighted by molar-refractivity contribution is -0.0447. The van der Waals surface area contributed by atoms with Crippen molar-refractivity contribution in [3.63, 3.8) is 0 Å². The fraction of sp³-hybridized carbons (Fsp3) is 0.333. The van der Waals surface area contributed by atoms with Gasteiger partial charge in [-0.3, -0.25) is 4.57 Å². The van der Waals surface area contributed by atoms with Crippen molar-refractivity contribution < 1.29 is 23.7 Å². The molecule has 1 saturated heterocycles. The molecule has 114 valence electrons. The zero-order chi connectivity index (χ0) is 15.6. The first-order chi connectivity index (χ1) is 10.0. The number of aliphatic hydroxyl groups excluding tert-OH is 2. The highest BCUT2D eigenvalue weighted by atomic mass is 19.1. The molecule has 1 aliphatic heterocycles. The number of nitrogens with two attached hydrogens (primary N) is 1. The van der Waals surface area contributed by atoms with Crippen LogP contribution in [0.1, 0.15) is 11.8 Å². The summed E-state index contributed by atoms with van der Waals surface area (Å²) in [6, 6.07) is 0. The van der Waals surface area contributed by atoms with Crippen LogP contribution in [0.2, 0.25) is 0 Å². The van der Waals surface area contributed by atoms with Crippen LogP contribution in [-0.4, -0.2) is 38.6 Å². The van der Waals surface area contributed by atoms with Crippen molar-refractivity contribution in [1.82, 2.24) is 9.55 Å². The van der Waals surface area contributed by atoms with Gasteiger partial charge in [0.1, 0.15) is 18.0 Å². The maximum atomic E-state index is 12.9. The molecule has 0 bridgehead atoms. The van der Waals surface area contributed by atoms with E-state index in [1.54, 1.807) is 0 Å². The fourth-order valence-electron chi connectivity index (χ4n) is 2.03. The number of hydrogen-bond acceptors (Lipinski definition) is 6. The SMILES string of the molecule is Nc1nc(=O)n(C2OC(CO)C(O)C2=CF)cc1C=CF. The highest BCUT2D eigenvalue weighted by Crippen LogP contribution is 2.33. The second-order valence-corrected chi connectivity index (χ2v) is 4.33. The minimum absolute atomic E-state index is 0.0841. The predicted molar refractivity (Wildman–Crippen MR) is 69.2 cm³/mol. The molecule has 1 aliphatic rings. The Morgan fingerprint density at radius 1 is 1.52 bits per heavy atom. The van der Waals surface area contributed by atoms with Crippen LogP contribution in [0.15, 0.2) is 29.2 Å². The molecule has 1 aromatic rings. The molecular formula is C12H13F2N3O4. The first kappa shape index (κ1) is 15.3. The molecular weight excluding hydrogens is 288 g/mol. The van der Waals surface area contributed by atoms with Crippen LogP contribution in [0.3, 0.4) is 0 Å². The van der Waals surface area contributed by atoms with Gasteiger partial charge in [0.2, 0.25) is 0 Å². The second kappa shape index (κ2) is 6.12. The number of aromatic nitrogens is 2. The first-order valence-electron chi connectivity index (χ1n) is 5.93. The number of anilines is 1. The number of halogens is 2. The van der Waals surface area contributed by atoms with Gasteiger partial charge in [0.25, 0.3) is 0 Å². The molecule has 4 N–H and O–H groups in total. The van der Waals surface area contributed by atoms with E-state index in [1.807, 2.05) is 0 Å². The summed E-state index contributed by atoms with van der Waals surface area (Å²) in [4.78, 5) is 15.3. The van der Waals surface area contributed by atoms with E-state index in [4.69, 9.17) is 15.6 Å². The summed E-state index contributed by atoms with van der Waals surface area (Å²) >= 11 is 0. The molecule has 0 spiro atoms. The number of aliphatic hydroxyl groups is 2. The lowest BCUT2D eigenvalue weighted by Gasteiger charge is -2.15. The Balaban J connectivity index is 2.51. The summed E-state index contributed by atoms with van der Waals surface area (Å²) in [5, 5.41) is 18.8. The quantitative estimate of drug-likeness (QED) is 0.717. The van der Waals surface area contributed by atoms with Crippen LogP contribution < -0.4 is 11.4 Å². The summed E-state index contributed by atoms with van der Waals surface area (Å²) in [6.07, 6.45) is -1.40. The van der Waals surface area contributed by atoms with Crippen molar-refractivity contribution in [2.45, 2.75) is 18.4 Å². The Hall–Kier alpha value is -2.10. The van der Waals surface area contributed by atoms with Crippen LogP contribution in [0.25, 0.3) is 6.08 Å². The molecule has 9 heteroatoms. The maximum absolute atomic E-state index is 12.9. The molecule has 2 heterocycles. The topological polar surface area (TPSA) is 111 Å². The van der Waals surface area contributed by atoms with Crippen LogP contribution in [0.5, 0.6) is 0 Å². The number of nitrogen functional groups attached to an aromatic ring is 1. The summed E-state index contributed by atoms with van der Waals surface area (Å²) in [7, 11) is 0. The minimum Gasteiger partial charge on any atom is -0.394 e. The van der Waals surface area contributed by atoms with Gasteiger partial charge >= 0.3 is 5.69 Å². The van der Waals surface area contributed by atoms with Gasteiger partial charge in [-0.05, 0) is 6.08 Å². The van der Waals surface area contributed by atoms with E-state index in [9.17, 15) is 18.7 Å². The van der Waals surface area contributed by atoms with Crippen molar-refractivity contribution in [3.05, 3.63) is 40.5 Å². The summed E-state index contributed by atoms with van der Waals surface area (Å²) in [5.74, 6) is -0.201. The number of nitrogens with zero attached hydrogens (tertiary/aromatic N) is 2. The lowest BCUT2D eigenvalue weighted by atomic mass is 10.1. The summed E-state index contributed by atoms with van der Waals surface area (Å²) in [6.45, 7) is -0.566. The number of ether oxygens (including phenoxy) is 1. The zero-order valence-corrected chi connectivity index (χ0v) is 10.7. The van der Waals surface area contributed by atoms with Gasteiger partial charge in [-0.1, -0.05) is 0 Å². The molecule has 0 amide bonds. The van der Waals surface area contributed by atoms with Gasteiger partial charge in [0.15, 0.2) is 6.23 Å². The van der Waals surface area contributed by atoms with E-state index in [1.165, 1.54) is 0 Å². The van der Waals surface area contributed by atoms with E-state index in [0.29, 0.717) is 0 Å². The Labute approximate surface area is 117 Å². The second-order valence-electron chi connectivity index (χ2n) is 4.33. The first-order valence-corrected chi connectivity index (χ1v) is 5.93. The molecule has 2 rings (SSSR count). The molecule has 1 fully saturated rings. The molecule has 3 unspecified atom stereocenters. The average Bonchev–Trinajstić information content (AvgIpc) is 2.78. The van der Waals surface area contributed by atoms with E-state index >= 15 is 0 Å². The summed E-state index contributed by atoms with van der Waals surface area (Å²) < 4.78 is 31.3. The van der Waals surface area contributed by atoms with Gasteiger partial charge in [-0.15, -0.1) is 0 Å². The standard InChI is InChI=1S/C12H13F2N3O4/c13-2-1-6-4-17(12(20)16-10(6)15)11-7(3-14)9(19)8(5-18)21-11/h1-4,8-9,11,18-19H,5H2,(H2,15,16,20). The molecule has 3 atom stereocenters. The normalized spacial score (nSPS) is 27.8. The monoisotopic (exact) mass is 301 g/mol. The van der Waals surface area contributed by atoms with Crippen molar-refractivity contribution >= 4 is 11.9 Å². The fourth-order valence-corrected chi connectivity index (χ4v) is 2.03. The van der Waals surface area contributed by atoms with Crippen LogP contribution >= 0.6 is 0 Å². The van der Waals surface area contributed by atoms with E-state index in [2.05, 4.69) is 4.98 Å². The van der Waals surface area contributed by atoms with Crippen molar-refractivity contribution in [2.24, 2.45) is 0 Å². The third-order valence-corrected chi connectivity index (χ3v) is 3.09. The molecule has 0 saturated carbocycles. The molecule has 0 aliphatic carbocycles. The smallest absolute Gasteiger partial charge is 0.351 e. The maximum Gasteiger partial charge on any atom is 0.351 e. The molecule has 7 nitrogen and oxygen atoms in total. The van der Waals surface area contributed by atoms with Gasteiger partial charge in [0.05, 0.1) is 19.3 Å². The highest BCUT2D eigenvalue weighted by Gasteiger charge is 2.40. The van der Waals surface area contributed by atoms with E-state index in [-0.39, 0.29) is 29.6 Å². The molecule has 0 aromatic carbocycles. The van der Waals surface area contributed by atoms with Crippen LogP contribution in [0.4, 0.5) is 14.6 Å². The Morgan fingerprint density at radius 2 is 2.24 bits per heavy atom. The average molecular weight is 301 g/mol. The van der Waals surface area contributed by atoms with Gasteiger partial charge in [-0.2, -0.15) is 4.98 Å². The zero-order valence-electron chi connectivity index (χ0n) is 10.7. The predicted octanol–water partition coefficient (Wildman–Crippen LogP) is -0.130. The number of rotatable bonds is 3. The van der Waals surface area contributed by atoms with Gasteiger partial charge in [-0.25, -0.2) is 13.6 Å².